The lowest BCUT2D eigenvalue weighted by Gasteiger charge is -2.19. The fourth-order valence-electron chi connectivity index (χ4n) is 2.99. The van der Waals surface area contributed by atoms with Gasteiger partial charge in [-0.25, -0.2) is 0 Å². The highest BCUT2D eigenvalue weighted by molar-refractivity contribution is 6.09. The third-order valence-corrected chi connectivity index (χ3v) is 4.29. The summed E-state index contributed by atoms with van der Waals surface area (Å²) < 4.78 is 0. The van der Waals surface area contributed by atoms with Gasteiger partial charge in [-0.1, -0.05) is 62.4 Å². The zero-order valence-corrected chi connectivity index (χ0v) is 15.5. The molecule has 2 rings (SSSR count). The first-order valence-electron chi connectivity index (χ1n) is 8.88. The van der Waals surface area contributed by atoms with E-state index >= 15 is 0 Å². The van der Waals surface area contributed by atoms with Crippen molar-refractivity contribution in [1.29, 1.82) is 0 Å². The van der Waals surface area contributed by atoms with Crippen molar-refractivity contribution in [3.63, 3.8) is 0 Å². The number of benzene rings is 2. The summed E-state index contributed by atoms with van der Waals surface area (Å²) in [6.45, 7) is 8.19. The topological polar surface area (TPSA) is 46.2 Å². The summed E-state index contributed by atoms with van der Waals surface area (Å²) in [5.41, 5.74) is 2.12. The van der Waals surface area contributed by atoms with Crippen LogP contribution in [0.5, 0.6) is 0 Å². The molecule has 0 aliphatic rings. The van der Waals surface area contributed by atoms with Crippen LogP contribution in [0.25, 0.3) is 0 Å². The Labute approximate surface area is 150 Å². The van der Waals surface area contributed by atoms with Crippen molar-refractivity contribution in [3.8, 4) is 0 Å². The largest absolute Gasteiger partial charge is 0.353 e. The van der Waals surface area contributed by atoms with E-state index in [0.29, 0.717) is 17.0 Å². The Hall–Kier alpha value is -2.42. The Bertz CT molecular complexity index is 722. The summed E-state index contributed by atoms with van der Waals surface area (Å²) in [4.78, 5) is 25.1. The van der Waals surface area contributed by atoms with Crippen LogP contribution >= 0.6 is 0 Å². The van der Waals surface area contributed by atoms with Crippen molar-refractivity contribution in [2.24, 2.45) is 5.92 Å². The highest BCUT2D eigenvalue weighted by Gasteiger charge is 2.19. The van der Waals surface area contributed by atoms with E-state index in [9.17, 15) is 9.59 Å². The second-order valence-corrected chi connectivity index (χ2v) is 7.08. The molecule has 2 aromatic rings. The molecule has 0 aliphatic carbocycles. The van der Waals surface area contributed by atoms with Crippen molar-refractivity contribution in [2.45, 2.75) is 46.1 Å². The molecule has 0 saturated heterocycles. The first-order chi connectivity index (χ1) is 11.9. The Balaban J connectivity index is 2.12. The highest BCUT2D eigenvalue weighted by atomic mass is 16.2. The van der Waals surface area contributed by atoms with Crippen LogP contribution < -0.4 is 5.32 Å². The molecule has 2 atom stereocenters. The molecule has 0 aliphatic heterocycles. The Morgan fingerprint density at radius 2 is 1.52 bits per heavy atom. The Morgan fingerprint density at radius 3 is 2.16 bits per heavy atom. The first kappa shape index (κ1) is 18.9. The smallest absolute Gasteiger partial charge is 0.227 e. The van der Waals surface area contributed by atoms with E-state index in [1.807, 2.05) is 50.2 Å². The summed E-state index contributed by atoms with van der Waals surface area (Å²) in [5, 5.41) is 3.07. The number of hydrogen-bond acceptors (Lipinski definition) is 2. The quantitative estimate of drug-likeness (QED) is 0.752. The van der Waals surface area contributed by atoms with E-state index in [1.165, 1.54) is 0 Å². The summed E-state index contributed by atoms with van der Waals surface area (Å²) in [6, 6.07) is 16.7. The minimum atomic E-state index is -0.293. The van der Waals surface area contributed by atoms with Crippen LogP contribution in [0.4, 0.5) is 0 Å². The van der Waals surface area contributed by atoms with Crippen molar-refractivity contribution >= 4 is 11.7 Å². The molecule has 25 heavy (non-hydrogen) atoms. The molecule has 1 N–H and O–H groups in total. The third kappa shape index (κ3) is 5.28. The predicted octanol–water partition coefficient (Wildman–Crippen LogP) is 4.57. The van der Waals surface area contributed by atoms with Crippen LogP contribution in [0, 0.1) is 5.92 Å². The Kier molecular flexibility index (Phi) is 6.51. The summed E-state index contributed by atoms with van der Waals surface area (Å²) >= 11 is 0. The molecular weight excluding hydrogens is 310 g/mol. The number of rotatable bonds is 7. The van der Waals surface area contributed by atoms with E-state index in [1.54, 1.807) is 18.2 Å². The van der Waals surface area contributed by atoms with Crippen molar-refractivity contribution < 1.29 is 9.59 Å². The van der Waals surface area contributed by atoms with E-state index in [-0.39, 0.29) is 23.7 Å². The minimum Gasteiger partial charge on any atom is -0.353 e. The predicted molar refractivity (Wildman–Crippen MR) is 102 cm³/mol. The molecule has 0 fully saturated rings. The number of hydrogen-bond donors (Lipinski definition) is 1. The zero-order valence-electron chi connectivity index (χ0n) is 15.5. The van der Waals surface area contributed by atoms with Gasteiger partial charge in [-0.15, -0.1) is 0 Å². The second-order valence-electron chi connectivity index (χ2n) is 7.08. The first-order valence-corrected chi connectivity index (χ1v) is 8.88. The van der Waals surface area contributed by atoms with Gasteiger partial charge in [0.1, 0.15) is 0 Å². The van der Waals surface area contributed by atoms with Gasteiger partial charge in [-0.05, 0) is 37.8 Å². The van der Waals surface area contributed by atoms with Gasteiger partial charge in [0.15, 0.2) is 5.78 Å². The van der Waals surface area contributed by atoms with Crippen LogP contribution in [0.15, 0.2) is 54.6 Å². The van der Waals surface area contributed by atoms with Gasteiger partial charge in [-0.2, -0.15) is 0 Å². The van der Waals surface area contributed by atoms with Gasteiger partial charge < -0.3 is 5.32 Å². The van der Waals surface area contributed by atoms with Gasteiger partial charge in [0.05, 0.1) is 5.92 Å². The molecule has 0 radical (unpaired) electrons. The number of nitrogens with one attached hydrogen (secondary N) is 1. The van der Waals surface area contributed by atoms with Crippen LogP contribution in [0.2, 0.25) is 0 Å². The van der Waals surface area contributed by atoms with Crippen LogP contribution in [0.3, 0.4) is 0 Å². The second kappa shape index (κ2) is 8.61. The number of carbonyl (C=O) groups excluding carboxylic acids is 2. The van der Waals surface area contributed by atoms with Gasteiger partial charge in [0, 0.05) is 17.2 Å². The molecule has 3 nitrogen and oxygen atoms in total. The zero-order chi connectivity index (χ0) is 18.4. The molecule has 1 amide bonds. The molecule has 0 spiro atoms. The third-order valence-electron chi connectivity index (χ3n) is 4.29. The van der Waals surface area contributed by atoms with Gasteiger partial charge in [0.25, 0.3) is 0 Å². The SMILES string of the molecule is CC(C)C[C@@H](C)NC(=O)[C@H](C)c1cccc(C(=O)c2ccccc2)c1. The standard InChI is InChI=1S/C22H27NO2/c1-15(2)13-16(3)23-22(25)17(4)19-11-8-12-20(14-19)21(24)18-9-6-5-7-10-18/h5-12,14-17H,13H2,1-4H3,(H,23,25)/t16-,17-/m1/s1. The lowest BCUT2D eigenvalue weighted by molar-refractivity contribution is -0.122. The lowest BCUT2D eigenvalue weighted by atomic mass is 9.94. The minimum absolute atomic E-state index is 0.00235. The molecule has 3 heteroatoms. The summed E-state index contributed by atoms with van der Waals surface area (Å²) in [7, 11) is 0. The van der Waals surface area contributed by atoms with Gasteiger partial charge in [0.2, 0.25) is 5.91 Å². The Morgan fingerprint density at radius 1 is 0.880 bits per heavy atom. The maximum Gasteiger partial charge on any atom is 0.227 e. The van der Waals surface area contributed by atoms with Crippen molar-refractivity contribution in [2.75, 3.05) is 0 Å². The monoisotopic (exact) mass is 337 g/mol. The maximum atomic E-state index is 12.6. The lowest BCUT2D eigenvalue weighted by Crippen LogP contribution is -2.36. The van der Waals surface area contributed by atoms with Crippen LogP contribution in [-0.4, -0.2) is 17.7 Å². The van der Waals surface area contributed by atoms with E-state index in [4.69, 9.17) is 0 Å². The van der Waals surface area contributed by atoms with E-state index in [2.05, 4.69) is 19.2 Å². The summed E-state index contributed by atoms with van der Waals surface area (Å²) in [6.07, 6.45) is 0.949. The molecular formula is C22H27NO2. The van der Waals surface area contributed by atoms with Crippen LogP contribution in [-0.2, 0) is 4.79 Å². The van der Waals surface area contributed by atoms with Crippen LogP contribution in [0.1, 0.15) is 61.5 Å². The van der Waals surface area contributed by atoms with E-state index < -0.39 is 0 Å². The van der Waals surface area contributed by atoms with Crippen molar-refractivity contribution in [3.05, 3.63) is 71.3 Å². The molecule has 132 valence electrons. The normalized spacial score (nSPS) is 13.3. The molecule has 0 saturated carbocycles. The average Bonchev–Trinajstić information content (AvgIpc) is 2.60. The molecule has 0 aromatic heterocycles. The molecule has 0 heterocycles. The summed E-state index contributed by atoms with van der Waals surface area (Å²) in [5.74, 6) is 0.219. The van der Waals surface area contributed by atoms with Gasteiger partial charge in [-0.3, -0.25) is 9.59 Å². The number of amides is 1. The highest BCUT2D eigenvalue weighted by Crippen LogP contribution is 2.19. The molecule has 0 unspecified atom stereocenters. The van der Waals surface area contributed by atoms with E-state index in [0.717, 1.165) is 12.0 Å². The molecule has 2 aromatic carbocycles. The fourth-order valence-corrected chi connectivity index (χ4v) is 2.99. The average molecular weight is 337 g/mol. The number of carbonyl (C=O) groups is 2. The van der Waals surface area contributed by atoms with Gasteiger partial charge >= 0.3 is 0 Å². The van der Waals surface area contributed by atoms with Crippen molar-refractivity contribution in [1.82, 2.24) is 5.32 Å². The number of ketones is 1. The maximum absolute atomic E-state index is 12.6. The molecule has 0 bridgehead atoms. The fraction of sp³-hybridized carbons (Fsp3) is 0.364.